The van der Waals surface area contributed by atoms with Crippen LogP contribution < -0.4 is 20.5 Å². The van der Waals surface area contributed by atoms with Crippen molar-refractivity contribution in [2.45, 2.75) is 6.54 Å². The third kappa shape index (κ3) is 4.38. The zero-order valence-electron chi connectivity index (χ0n) is 13.0. The summed E-state index contributed by atoms with van der Waals surface area (Å²) in [4.78, 5) is 4.27. The van der Waals surface area contributed by atoms with Crippen LogP contribution in [0.5, 0.6) is 11.5 Å². The van der Waals surface area contributed by atoms with Crippen molar-refractivity contribution >= 4 is 11.6 Å². The Hall–Kier alpha value is -3.20. The van der Waals surface area contributed by atoms with Gasteiger partial charge in [-0.3, -0.25) is 0 Å². The highest BCUT2D eigenvalue weighted by Crippen LogP contribution is 2.29. The molecule has 0 aromatic heterocycles. The molecule has 0 fully saturated rings. The van der Waals surface area contributed by atoms with Gasteiger partial charge in [-0.1, -0.05) is 12.1 Å². The minimum absolute atomic E-state index is 0.277. The van der Waals surface area contributed by atoms with E-state index in [9.17, 15) is 0 Å². The van der Waals surface area contributed by atoms with Crippen LogP contribution in [0.25, 0.3) is 0 Å². The quantitative estimate of drug-likeness (QED) is 0.654. The molecule has 0 saturated carbocycles. The molecule has 0 aliphatic carbocycles. The van der Waals surface area contributed by atoms with E-state index >= 15 is 0 Å². The monoisotopic (exact) mass is 310 g/mol. The van der Waals surface area contributed by atoms with Gasteiger partial charge in [0.15, 0.2) is 17.5 Å². The standard InChI is InChI=1S/C17H18N4O2/c1-22-15-7-6-14(9-16(15)23-2)21-17(19)20-11-13-5-3-4-12(8-13)10-18/h3-9H,11H2,1-2H3,(H3,19,20,21). The van der Waals surface area contributed by atoms with Crippen LogP contribution in [0.1, 0.15) is 11.1 Å². The maximum Gasteiger partial charge on any atom is 0.193 e. The number of nitrogens with zero attached hydrogens (tertiary/aromatic N) is 2. The molecule has 0 heterocycles. The minimum Gasteiger partial charge on any atom is -0.493 e. The molecule has 118 valence electrons. The lowest BCUT2D eigenvalue weighted by atomic mass is 10.1. The van der Waals surface area contributed by atoms with E-state index in [1.807, 2.05) is 18.2 Å². The molecule has 0 spiro atoms. The van der Waals surface area contributed by atoms with E-state index in [0.717, 1.165) is 11.3 Å². The fourth-order valence-electron chi connectivity index (χ4n) is 2.02. The molecule has 2 aromatic rings. The Morgan fingerprint density at radius 3 is 2.65 bits per heavy atom. The fraction of sp³-hybridized carbons (Fsp3) is 0.176. The van der Waals surface area contributed by atoms with Crippen molar-refractivity contribution < 1.29 is 9.47 Å². The molecule has 6 heteroatoms. The molecular weight excluding hydrogens is 292 g/mol. The third-order valence-corrected chi connectivity index (χ3v) is 3.14. The number of hydrogen-bond donors (Lipinski definition) is 2. The van der Waals surface area contributed by atoms with E-state index in [4.69, 9.17) is 20.5 Å². The summed E-state index contributed by atoms with van der Waals surface area (Å²) < 4.78 is 10.4. The summed E-state index contributed by atoms with van der Waals surface area (Å²) in [5, 5.41) is 11.9. The van der Waals surface area contributed by atoms with Gasteiger partial charge in [-0.15, -0.1) is 0 Å². The molecule has 23 heavy (non-hydrogen) atoms. The Kier molecular flexibility index (Phi) is 5.42. The van der Waals surface area contributed by atoms with Crippen LogP contribution in [0, 0.1) is 11.3 Å². The first-order chi connectivity index (χ1) is 11.2. The smallest absolute Gasteiger partial charge is 0.193 e. The molecule has 0 atom stereocenters. The van der Waals surface area contributed by atoms with Crippen LogP contribution in [0.3, 0.4) is 0 Å². The minimum atomic E-state index is 0.277. The van der Waals surface area contributed by atoms with Gasteiger partial charge in [-0.2, -0.15) is 5.26 Å². The average molecular weight is 310 g/mol. The van der Waals surface area contributed by atoms with Crippen LogP contribution in [-0.2, 0) is 6.54 Å². The molecule has 2 rings (SSSR count). The zero-order valence-corrected chi connectivity index (χ0v) is 13.0. The number of aliphatic imine (C=N–C) groups is 1. The SMILES string of the molecule is COc1ccc(NC(N)=NCc2cccc(C#N)c2)cc1OC. The first kappa shape index (κ1) is 16.2. The number of guanidine groups is 1. The summed E-state index contributed by atoms with van der Waals surface area (Å²) in [6.45, 7) is 0.391. The second kappa shape index (κ2) is 7.71. The Morgan fingerprint density at radius 2 is 1.96 bits per heavy atom. The predicted molar refractivity (Wildman–Crippen MR) is 89.7 cm³/mol. The molecule has 0 amide bonds. The average Bonchev–Trinajstić information content (AvgIpc) is 2.60. The molecular formula is C17H18N4O2. The van der Waals surface area contributed by atoms with Gasteiger partial charge in [-0.25, -0.2) is 4.99 Å². The zero-order chi connectivity index (χ0) is 16.7. The maximum absolute atomic E-state index is 8.88. The van der Waals surface area contributed by atoms with Gasteiger partial charge in [-0.05, 0) is 29.8 Å². The van der Waals surface area contributed by atoms with Crippen molar-refractivity contribution in [1.29, 1.82) is 5.26 Å². The normalized spacial score (nSPS) is 10.7. The van der Waals surface area contributed by atoms with Crippen molar-refractivity contribution in [3.63, 3.8) is 0 Å². The molecule has 0 saturated heterocycles. The first-order valence-corrected chi connectivity index (χ1v) is 6.94. The van der Waals surface area contributed by atoms with Gasteiger partial charge in [0.2, 0.25) is 0 Å². The van der Waals surface area contributed by atoms with Gasteiger partial charge in [0, 0.05) is 11.8 Å². The highest BCUT2D eigenvalue weighted by Gasteiger charge is 2.05. The molecule has 0 radical (unpaired) electrons. The Labute approximate surface area is 135 Å². The number of ether oxygens (including phenoxy) is 2. The topological polar surface area (TPSA) is 92.7 Å². The number of nitrogens with one attached hydrogen (secondary N) is 1. The molecule has 0 aliphatic rings. The van der Waals surface area contributed by atoms with Crippen LogP contribution >= 0.6 is 0 Å². The number of benzene rings is 2. The fourth-order valence-corrected chi connectivity index (χ4v) is 2.02. The number of nitriles is 1. The third-order valence-electron chi connectivity index (χ3n) is 3.14. The van der Waals surface area contributed by atoms with E-state index < -0.39 is 0 Å². The summed E-state index contributed by atoms with van der Waals surface area (Å²) in [7, 11) is 3.15. The number of methoxy groups -OCH3 is 2. The van der Waals surface area contributed by atoms with Crippen molar-refractivity contribution in [3.8, 4) is 17.6 Å². The summed E-state index contributed by atoms with van der Waals surface area (Å²) in [6.07, 6.45) is 0. The molecule has 6 nitrogen and oxygen atoms in total. The van der Waals surface area contributed by atoms with Crippen molar-refractivity contribution in [2.24, 2.45) is 10.7 Å². The van der Waals surface area contributed by atoms with Crippen molar-refractivity contribution in [1.82, 2.24) is 0 Å². The number of hydrogen-bond acceptors (Lipinski definition) is 4. The summed E-state index contributed by atoms with van der Waals surface area (Å²) >= 11 is 0. The predicted octanol–water partition coefficient (Wildman–Crippen LogP) is 2.50. The lowest BCUT2D eigenvalue weighted by Gasteiger charge is -2.11. The second-order valence-electron chi connectivity index (χ2n) is 4.71. The number of anilines is 1. The molecule has 2 aromatic carbocycles. The van der Waals surface area contributed by atoms with E-state index in [-0.39, 0.29) is 5.96 Å². The van der Waals surface area contributed by atoms with Crippen molar-refractivity contribution in [2.75, 3.05) is 19.5 Å². The Balaban J connectivity index is 2.06. The van der Waals surface area contributed by atoms with Crippen LogP contribution in [0.4, 0.5) is 5.69 Å². The van der Waals surface area contributed by atoms with Gasteiger partial charge in [0.25, 0.3) is 0 Å². The first-order valence-electron chi connectivity index (χ1n) is 6.94. The Bertz CT molecular complexity index is 750. The number of rotatable bonds is 5. The molecule has 0 bridgehead atoms. The highest BCUT2D eigenvalue weighted by atomic mass is 16.5. The van der Waals surface area contributed by atoms with E-state index in [2.05, 4.69) is 16.4 Å². The summed E-state index contributed by atoms with van der Waals surface area (Å²) in [6, 6.07) is 14.7. The van der Waals surface area contributed by atoms with Gasteiger partial charge >= 0.3 is 0 Å². The van der Waals surface area contributed by atoms with E-state index in [0.29, 0.717) is 23.6 Å². The van der Waals surface area contributed by atoms with Gasteiger partial charge in [0.05, 0.1) is 32.4 Å². The molecule has 0 aliphatic heterocycles. The lowest BCUT2D eigenvalue weighted by Crippen LogP contribution is -2.22. The molecule has 0 unspecified atom stereocenters. The van der Waals surface area contributed by atoms with E-state index in [1.165, 1.54) is 0 Å². The van der Waals surface area contributed by atoms with Crippen LogP contribution in [0.2, 0.25) is 0 Å². The summed E-state index contributed by atoms with van der Waals surface area (Å²) in [5.41, 5.74) is 8.15. The highest BCUT2D eigenvalue weighted by molar-refractivity contribution is 5.92. The maximum atomic E-state index is 8.88. The van der Waals surface area contributed by atoms with Crippen molar-refractivity contribution in [3.05, 3.63) is 53.6 Å². The van der Waals surface area contributed by atoms with Gasteiger partial charge < -0.3 is 20.5 Å². The van der Waals surface area contributed by atoms with Crippen LogP contribution in [-0.4, -0.2) is 20.2 Å². The lowest BCUT2D eigenvalue weighted by molar-refractivity contribution is 0.355. The largest absolute Gasteiger partial charge is 0.493 e. The number of nitrogens with two attached hydrogens (primary N) is 1. The van der Waals surface area contributed by atoms with E-state index in [1.54, 1.807) is 38.5 Å². The summed E-state index contributed by atoms with van der Waals surface area (Å²) in [5.74, 6) is 1.52. The van der Waals surface area contributed by atoms with Crippen LogP contribution in [0.15, 0.2) is 47.5 Å². The second-order valence-corrected chi connectivity index (χ2v) is 4.71. The molecule has 3 N–H and O–H groups in total. The Morgan fingerprint density at radius 1 is 1.17 bits per heavy atom. The van der Waals surface area contributed by atoms with Gasteiger partial charge in [0.1, 0.15) is 0 Å².